The third-order valence-electron chi connectivity index (χ3n) is 3.80. The van der Waals surface area contributed by atoms with Crippen LogP contribution in [0, 0.1) is 10.1 Å². The van der Waals surface area contributed by atoms with Gasteiger partial charge in [-0.05, 0) is 18.1 Å². The van der Waals surface area contributed by atoms with Crippen LogP contribution in [0.1, 0.15) is 17.4 Å². The Morgan fingerprint density at radius 3 is 2.70 bits per heavy atom. The number of aromatic nitrogens is 1. The lowest BCUT2D eigenvalue weighted by Crippen LogP contribution is -2.07. The first kappa shape index (κ1) is 18.5. The van der Waals surface area contributed by atoms with Gasteiger partial charge in [0.1, 0.15) is 0 Å². The van der Waals surface area contributed by atoms with Gasteiger partial charge in [0, 0.05) is 28.6 Å². The van der Waals surface area contributed by atoms with Crippen LogP contribution in [-0.2, 0) is 11.2 Å². The van der Waals surface area contributed by atoms with E-state index in [9.17, 15) is 14.9 Å². The Morgan fingerprint density at radius 1 is 1.22 bits per heavy atom. The molecule has 1 amide bonds. The number of rotatable bonds is 6. The van der Waals surface area contributed by atoms with Crippen molar-refractivity contribution < 1.29 is 9.72 Å². The molecule has 0 saturated carbocycles. The standard InChI is InChI=1S/C20H17N3O3S/c1-2-17-19(15-8-4-3-5-9-15)22-20(27-17)21-18(24)12-11-14-7-6-10-16(13-14)23(25)26/h3-13H,2H2,1H3,(H,21,22,24). The van der Waals surface area contributed by atoms with Gasteiger partial charge in [-0.3, -0.25) is 20.2 Å². The fraction of sp³-hybridized carbons (Fsp3) is 0.100. The van der Waals surface area contributed by atoms with E-state index < -0.39 is 4.92 Å². The number of nitrogens with zero attached hydrogens (tertiary/aromatic N) is 2. The molecule has 0 bridgehead atoms. The molecular formula is C20H17N3O3S. The maximum atomic E-state index is 12.2. The van der Waals surface area contributed by atoms with E-state index in [0.29, 0.717) is 10.7 Å². The number of amides is 1. The molecule has 0 aliphatic carbocycles. The summed E-state index contributed by atoms with van der Waals surface area (Å²) in [6.07, 6.45) is 3.70. The second kappa shape index (κ2) is 8.37. The summed E-state index contributed by atoms with van der Waals surface area (Å²) in [6.45, 7) is 2.05. The summed E-state index contributed by atoms with van der Waals surface area (Å²) in [7, 11) is 0. The molecular weight excluding hydrogens is 362 g/mol. The molecule has 0 spiro atoms. The van der Waals surface area contributed by atoms with Gasteiger partial charge >= 0.3 is 0 Å². The van der Waals surface area contributed by atoms with Gasteiger partial charge in [0.15, 0.2) is 5.13 Å². The van der Waals surface area contributed by atoms with Crippen molar-refractivity contribution in [2.75, 3.05) is 5.32 Å². The van der Waals surface area contributed by atoms with Crippen LogP contribution in [0.2, 0.25) is 0 Å². The third kappa shape index (κ3) is 4.65. The number of benzene rings is 2. The zero-order chi connectivity index (χ0) is 19.2. The Labute approximate surface area is 160 Å². The highest BCUT2D eigenvalue weighted by molar-refractivity contribution is 7.16. The highest BCUT2D eigenvalue weighted by atomic mass is 32.1. The molecule has 27 heavy (non-hydrogen) atoms. The Kier molecular flexibility index (Phi) is 5.73. The smallest absolute Gasteiger partial charge is 0.270 e. The highest BCUT2D eigenvalue weighted by Crippen LogP contribution is 2.31. The first-order chi connectivity index (χ1) is 13.1. The molecule has 0 radical (unpaired) electrons. The largest absolute Gasteiger partial charge is 0.298 e. The van der Waals surface area contributed by atoms with Gasteiger partial charge in [-0.1, -0.05) is 49.4 Å². The normalized spacial score (nSPS) is 10.9. The predicted octanol–water partition coefficient (Wildman–Crippen LogP) is 4.93. The molecule has 0 fully saturated rings. The monoisotopic (exact) mass is 379 g/mol. The van der Waals surface area contributed by atoms with Gasteiger partial charge in [0.25, 0.3) is 5.69 Å². The van der Waals surface area contributed by atoms with Gasteiger partial charge in [-0.15, -0.1) is 11.3 Å². The topological polar surface area (TPSA) is 85.1 Å². The van der Waals surface area contributed by atoms with E-state index in [2.05, 4.69) is 10.3 Å². The lowest BCUT2D eigenvalue weighted by Gasteiger charge is -1.98. The number of carbonyl (C=O) groups is 1. The third-order valence-corrected chi connectivity index (χ3v) is 4.92. The van der Waals surface area contributed by atoms with Crippen LogP contribution in [0.25, 0.3) is 17.3 Å². The van der Waals surface area contributed by atoms with Gasteiger partial charge in [0.2, 0.25) is 5.91 Å². The summed E-state index contributed by atoms with van der Waals surface area (Å²) in [5, 5.41) is 14.1. The van der Waals surface area contributed by atoms with Crippen molar-refractivity contribution in [3.8, 4) is 11.3 Å². The van der Waals surface area contributed by atoms with Crippen molar-refractivity contribution in [2.24, 2.45) is 0 Å². The summed E-state index contributed by atoms with van der Waals surface area (Å²) in [4.78, 5) is 28.2. The van der Waals surface area contributed by atoms with E-state index in [1.165, 1.54) is 35.6 Å². The molecule has 0 aliphatic rings. The number of carbonyl (C=O) groups excluding carboxylic acids is 1. The van der Waals surface area contributed by atoms with Crippen LogP contribution < -0.4 is 5.32 Å². The summed E-state index contributed by atoms with van der Waals surface area (Å²) in [5.41, 5.74) is 2.45. The first-order valence-corrected chi connectivity index (χ1v) is 9.17. The SMILES string of the molecule is CCc1sc(NC(=O)C=Cc2cccc([N+](=O)[O-])c2)nc1-c1ccccc1. The lowest BCUT2D eigenvalue weighted by atomic mass is 10.1. The summed E-state index contributed by atoms with van der Waals surface area (Å²) in [6, 6.07) is 15.9. The van der Waals surface area contributed by atoms with Crippen LogP contribution in [-0.4, -0.2) is 15.8 Å². The van der Waals surface area contributed by atoms with E-state index in [1.54, 1.807) is 12.1 Å². The predicted molar refractivity (Wildman–Crippen MR) is 108 cm³/mol. The van der Waals surface area contributed by atoms with Crippen molar-refractivity contribution in [3.63, 3.8) is 0 Å². The number of nitrogens with one attached hydrogen (secondary N) is 1. The summed E-state index contributed by atoms with van der Waals surface area (Å²) >= 11 is 1.44. The Morgan fingerprint density at radius 2 is 2.00 bits per heavy atom. The second-order valence-electron chi connectivity index (χ2n) is 5.69. The minimum absolute atomic E-state index is 0.0161. The molecule has 0 unspecified atom stereocenters. The minimum atomic E-state index is -0.468. The number of hydrogen-bond donors (Lipinski definition) is 1. The van der Waals surface area contributed by atoms with Gasteiger partial charge in [0.05, 0.1) is 10.6 Å². The molecule has 136 valence electrons. The zero-order valence-corrected chi connectivity index (χ0v) is 15.4. The molecule has 1 N–H and O–H groups in total. The van der Waals surface area contributed by atoms with Crippen molar-refractivity contribution in [2.45, 2.75) is 13.3 Å². The molecule has 1 aromatic heterocycles. The van der Waals surface area contributed by atoms with E-state index >= 15 is 0 Å². The number of nitro benzene ring substituents is 1. The van der Waals surface area contributed by atoms with E-state index in [-0.39, 0.29) is 11.6 Å². The van der Waals surface area contributed by atoms with Gasteiger partial charge in [-0.25, -0.2) is 4.98 Å². The number of non-ortho nitro benzene ring substituents is 1. The fourth-order valence-corrected chi connectivity index (χ4v) is 3.45. The molecule has 3 rings (SSSR count). The van der Waals surface area contributed by atoms with E-state index in [1.807, 2.05) is 37.3 Å². The highest BCUT2D eigenvalue weighted by Gasteiger charge is 2.12. The fourth-order valence-electron chi connectivity index (χ4n) is 2.53. The Bertz CT molecular complexity index is 997. The molecule has 2 aromatic carbocycles. The maximum Gasteiger partial charge on any atom is 0.270 e. The average Bonchev–Trinajstić information content (AvgIpc) is 3.10. The molecule has 6 nitrogen and oxygen atoms in total. The molecule has 7 heteroatoms. The number of anilines is 1. The molecule has 0 saturated heterocycles. The quantitative estimate of drug-likeness (QED) is 0.374. The van der Waals surface area contributed by atoms with Gasteiger partial charge in [-0.2, -0.15) is 0 Å². The van der Waals surface area contributed by atoms with Crippen LogP contribution in [0.5, 0.6) is 0 Å². The van der Waals surface area contributed by atoms with Gasteiger partial charge < -0.3 is 0 Å². The maximum absolute atomic E-state index is 12.2. The second-order valence-corrected chi connectivity index (χ2v) is 6.77. The number of thiazole rings is 1. The Hall–Kier alpha value is -3.32. The molecule has 0 atom stereocenters. The number of nitro groups is 1. The Balaban J connectivity index is 1.74. The minimum Gasteiger partial charge on any atom is -0.298 e. The first-order valence-electron chi connectivity index (χ1n) is 8.35. The van der Waals surface area contributed by atoms with Crippen LogP contribution in [0.15, 0.2) is 60.7 Å². The van der Waals surface area contributed by atoms with E-state index in [0.717, 1.165) is 22.6 Å². The number of aryl methyl sites for hydroxylation is 1. The van der Waals surface area contributed by atoms with Crippen LogP contribution in [0.3, 0.4) is 0 Å². The summed E-state index contributed by atoms with van der Waals surface area (Å²) < 4.78 is 0. The van der Waals surface area contributed by atoms with Crippen molar-refractivity contribution in [1.82, 2.24) is 4.98 Å². The molecule has 0 aliphatic heterocycles. The van der Waals surface area contributed by atoms with Crippen LogP contribution in [0.4, 0.5) is 10.8 Å². The van der Waals surface area contributed by atoms with Crippen molar-refractivity contribution in [3.05, 3.63) is 81.2 Å². The van der Waals surface area contributed by atoms with E-state index in [4.69, 9.17) is 0 Å². The van der Waals surface area contributed by atoms with Crippen molar-refractivity contribution >= 4 is 34.1 Å². The lowest BCUT2D eigenvalue weighted by molar-refractivity contribution is -0.384. The van der Waals surface area contributed by atoms with Crippen molar-refractivity contribution in [1.29, 1.82) is 0 Å². The number of hydrogen-bond acceptors (Lipinski definition) is 5. The summed E-state index contributed by atoms with van der Waals surface area (Å²) in [5.74, 6) is -0.336. The molecule has 3 aromatic rings. The zero-order valence-electron chi connectivity index (χ0n) is 14.6. The van der Waals surface area contributed by atoms with Crippen LogP contribution >= 0.6 is 11.3 Å². The average molecular weight is 379 g/mol. The molecule has 1 heterocycles.